The molecule has 106 valence electrons. The summed E-state index contributed by atoms with van der Waals surface area (Å²) in [5, 5.41) is 2.98. The van der Waals surface area contributed by atoms with Crippen molar-refractivity contribution in [3.05, 3.63) is 29.8 Å². The van der Waals surface area contributed by atoms with Gasteiger partial charge in [-0.15, -0.1) is 11.6 Å². The average Bonchev–Trinajstić information content (AvgIpc) is 2.44. The molecule has 3 nitrogen and oxygen atoms in total. The summed E-state index contributed by atoms with van der Waals surface area (Å²) in [5.41, 5.74) is 1.13. The van der Waals surface area contributed by atoms with Gasteiger partial charge in [0.2, 0.25) is 5.91 Å². The number of amides is 1. The Morgan fingerprint density at radius 1 is 1.32 bits per heavy atom. The van der Waals surface area contributed by atoms with Crippen molar-refractivity contribution in [2.24, 2.45) is 5.92 Å². The molecule has 0 saturated carbocycles. The van der Waals surface area contributed by atoms with Crippen LogP contribution in [-0.4, -0.2) is 24.9 Å². The minimum absolute atomic E-state index is 0.0697. The van der Waals surface area contributed by atoms with E-state index in [9.17, 15) is 4.79 Å². The SMILES string of the molecule is COc1ccc(CCC(=O)NC(C)C(C)CCl)cc1. The third kappa shape index (κ3) is 5.52. The third-order valence-electron chi connectivity index (χ3n) is 3.29. The van der Waals surface area contributed by atoms with Crippen molar-refractivity contribution in [1.82, 2.24) is 5.32 Å². The normalized spacial score (nSPS) is 13.7. The summed E-state index contributed by atoms with van der Waals surface area (Å²) < 4.78 is 5.09. The van der Waals surface area contributed by atoms with E-state index in [1.807, 2.05) is 38.1 Å². The van der Waals surface area contributed by atoms with Crippen LogP contribution < -0.4 is 10.1 Å². The van der Waals surface area contributed by atoms with Gasteiger partial charge < -0.3 is 10.1 Å². The molecule has 0 saturated heterocycles. The standard InChI is InChI=1S/C15H22ClNO2/c1-11(10-16)12(2)17-15(18)9-6-13-4-7-14(19-3)8-5-13/h4-5,7-8,11-12H,6,9-10H2,1-3H3,(H,17,18). The molecule has 0 aromatic heterocycles. The van der Waals surface area contributed by atoms with Gasteiger partial charge in [0.25, 0.3) is 0 Å². The van der Waals surface area contributed by atoms with Crippen molar-refractivity contribution in [1.29, 1.82) is 0 Å². The molecule has 0 radical (unpaired) electrons. The number of ether oxygens (including phenoxy) is 1. The van der Waals surface area contributed by atoms with Gasteiger partial charge in [-0.2, -0.15) is 0 Å². The van der Waals surface area contributed by atoms with Crippen LogP contribution in [0.25, 0.3) is 0 Å². The van der Waals surface area contributed by atoms with Crippen LogP contribution in [0.4, 0.5) is 0 Å². The highest BCUT2D eigenvalue weighted by Crippen LogP contribution is 2.12. The largest absolute Gasteiger partial charge is 0.497 e. The molecule has 0 heterocycles. The number of methoxy groups -OCH3 is 1. The van der Waals surface area contributed by atoms with Gasteiger partial charge in [-0.25, -0.2) is 0 Å². The monoisotopic (exact) mass is 283 g/mol. The van der Waals surface area contributed by atoms with E-state index in [1.165, 1.54) is 0 Å². The van der Waals surface area contributed by atoms with Gasteiger partial charge >= 0.3 is 0 Å². The van der Waals surface area contributed by atoms with E-state index >= 15 is 0 Å². The van der Waals surface area contributed by atoms with E-state index in [0.717, 1.165) is 17.7 Å². The highest BCUT2D eigenvalue weighted by molar-refractivity contribution is 6.18. The Labute approximate surface area is 120 Å². The summed E-state index contributed by atoms with van der Waals surface area (Å²) in [6.45, 7) is 4.01. The Morgan fingerprint density at radius 3 is 2.47 bits per heavy atom. The van der Waals surface area contributed by atoms with Gasteiger partial charge in [0.15, 0.2) is 0 Å². The second-order valence-electron chi connectivity index (χ2n) is 4.84. The molecule has 1 amide bonds. The lowest BCUT2D eigenvalue weighted by Crippen LogP contribution is -2.37. The Balaban J connectivity index is 2.37. The number of alkyl halides is 1. The predicted octanol–water partition coefficient (Wildman–Crippen LogP) is 3.01. The number of carbonyl (C=O) groups is 1. The number of halogens is 1. The Morgan fingerprint density at radius 2 is 1.95 bits per heavy atom. The number of rotatable bonds is 7. The number of carbonyl (C=O) groups excluding carboxylic acids is 1. The van der Waals surface area contributed by atoms with Crippen LogP contribution in [-0.2, 0) is 11.2 Å². The minimum atomic E-state index is 0.0697. The summed E-state index contributed by atoms with van der Waals surface area (Å²) in [6.07, 6.45) is 1.23. The maximum Gasteiger partial charge on any atom is 0.220 e. The summed E-state index contributed by atoms with van der Waals surface area (Å²) in [7, 11) is 1.64. The van der Waals surface area contributed by atoms with Crippen LogP contribution in [0.2, 0.25) is 0 Å². The first-order valence-corrected chi connectivity index (χ1v) is 7.08. The zero-order chi connectivity index (χ0) is 14.3. The van der Waals surface area contributed by atoms with Gasteiger partial charge in [-0.3, -0.25) is 4.79 Å². The minimum Gasteiger partial charge on any atom is -0.497 e. The molecule has 1 N–H and O–H groups in total. The summed E-state index contributed by atoms with van der Waals surface area (Å²) in [5.74, 6) is 1.74. The van der Waals surface area contributed by atoms with Crippen molar-refractivity contribution >= 4 is 17.5 Å². The molecule has 1 rings (SSSR count). The first kappa shape index (κ1) is 15.8. The lowest BCUT2D eigenvalue weighted by Gasteiger charge is -2.19. The van der Waals surface area contributed by atoms with Crippen molar-refractivity contribution < 1.29 is 9.53 Å². The number of hydrogen-bond donors (Lipinski definition) is 1. The average molecular weight is 284 g/mol. The molecule has 0 fully saturated rings. The number of nitrogens with one attached hydrogen (secondary N) is 1. The fraction of sp³-hybridized carbons (Fsp3) is 0.533. The van der Waals surface area contributed by atoms with Crippen LogP contribution >= 0.6 is 11.6 Å². The molecular formula is C15H22ClNO2. The topological polar surface area (TPSA) is 38.3 Å². The number of aryl methyl sites for hydroxylation is 1. The number of hydrogen-bond acceptors (Lipinski definition) is 2. The summed E-state index contributed by atoms with van der Waals surface area (Å²) >= 11 is 5.77. The molecule has 0 aliphatic heterocycles. The van der Waals surface area contributed by atoms with E-state index in [4.69, 9.17) is 16.3 Å². The van der Waals surface area contributed by atoms with Gasteiger partial charge in [0, 0.05) is 18.3 Å². The van der Waals surface area contributed by atoms with Gasteiger partial charge in [-0.1, -0.05) is 19.1 Å². The maximum atomic E-state index is 11.8. The van der Waals surface area contributed by atoms with Crippen molar-refractivity contribution in [3.63, 3.8) is 0 Å². The van der Waals surface area contributed by atoms with E-state index in [2.05, 4.69) is 5.32 Å². The van der Waals surface area contributed by atoms with E-state index in [1.54, 1.807) is 7.11 Å². The first-order chi connectivity index (χ1) is 9.06. The van der Waals surface area contributed by atoms with E-state index in [-0.39, 0.29) is 17.9 Å². The smallest absolute Gasteiger partial charge is 0.220 e. The zero-order valence-corrected chi connectivity index (χ0v) is 12.5. The molecule has 19 heavy (non-hydrogen) atoms. The highest BCUT2D eigenvalue weighted by atomic mass is 35.5. The lowest BCUT2D eigenvalue weighted by molar-refractivity contribution is -0.121. The lowest BCUT2D eigenvalue weighted by atomic mass is 10.1. The first-order valence-electron chi connectivity index (χ1n) is 6.55. The maximum absolute atomic E-state index is 11.8. The molecule has 1 aromatic carbocycles. The van der Waals surface area contributed by atoms with Crippen LogP contribution in [0, 0.1) is 5.92 Å². The predicted molar refractivity (Wildman–Crippen MR) is 78.8 cm³/mol. The van der Waals surface area contributed by atoms with Crippen molar-refractivity contribution in [2.45, 2.75) is 32.7 Å². The molecule has 0 aliphatic rings. The van der Waals surface area contributed by atoms with Gasteiger partial charge in [-0.05, 0) is 37.0 Å². The summed E-state index contributed by atoms with van der Waals surface area (Å²) in [6, 6.07) is 7.89. The molecule has 4 heteroatoms. The Hall–Kier alpha value is -1.22. The fourth-order valence-electron chi connectivity index (χ4n) is 1.65. The molecule has 0 spiro atoms. The molecule has 2 atom stereocenters. The molecule has 1 aromatic rings. The van der Waals surface area contributed by atoms with Crippen LogP contribution in [0.1, 0.15) is 25.8 Å². The van der Waals surface area contributed by atoms with Gasteiger partial charge in [0.05, 0.1) is 7.11 Å². The molecule has 0 bridgehead atoms. The van der Waals surface area contributed by atoms with Crippen molar-refractivity contribution in [3.8, 4) is 5.75 Å². The van der Waals surface area contributed by atoms with Crippen LogP contribution in [0.5, 0.6) is 5.75 Å². The second-order valence-corrected chi connectivity index (χ2v) is 5.14. The number of benzene rings is 1. The summed E-state index contributed by atoms with van der Waals surface area (Å²) in [4.78, 5) is 11.8. The van der Waals surface area contributed by atoms with Crippen LogP contribution in [0.15, 0.2) is 24.3 Å². The highest BCUT2D eigenvalue weighted by Gasteiger charge is 2.13. The molecule has 0 aliphatic carbocycles. The van der Waals surface area contributed by atoms with E-state index in [0.29, 0.717) is 12.3 Å². The Kier molecular flexibility index (Phi) is 6.71. The Bertz CT molecular complexity index is 392. The molecular weight excluding hydrogens is 262 g/mol. The quantitative estimate of drug-likeness (QED) is 0.781. The van der Waals surface area contributed by atoms with Crippen LogP contribution in [0.3, 0.4) is 0 Å². The second kappa shape index (κ2) is 8.05. The zero-order valence-electron chi connectivity index (χ0n) is 11.8. The van der Waals surface area contributed by atoms with Crippen molar-refractivity contribution in [2.75, 3.05) is 13.0 Å². The van der Waals surface area contributed by atoms with Gasteiger partial charge in [0.1, 0.15) is 5.75 Å². The van der Waals surface area contributed by atoms with E-state index < -0.39 is 0 Å². The third-order valence-corrected chi connectivity index (χ3v) is 3.77. The molecule has 2 unspecified atom stereocenters. The fourth-order valence-corrected chi connectivity index (χ4v) is 1.92.